The SMILES string of the molecule is NCC1CCCC1c1nncn1C1CCCC1. The van der Waals surface area contributed by atoms with Crippen LogP contribution in [0.3, 0.4) is 0 Å². The van der Waals surface area contributed by atoms with E-state index in [9.17, 15) is 0 Å². The van der Waals surface area contributed by atoms with E-state index in [1.54, 1.807) is 0 Å². The minimum Gasteiger partial charge on any atom is -0.330 e. The van der Waals surface area contributed by atoms with Crippen molar-refractivity contribution < 1.29 is 0 Å². The van der Waals surface area contributed by atoms with Crippen LogP contribution in [0.4, 0.5) is 0 Å². The van der Waals surface area contributed by atoms with Crippen molar-refractivity contribution in [2.45, 2.75) is 56.9 Å². The summed E-state index contributed by atoms with van der Waals surface area (Å²) in [5.74, 6) is 2.40. The molecule has 2 atom stereocenters. The lowest BCUT2D eigenvalue weighted by Crippen LogP contribution is -2.21. The lowest BCUT2D eigenvalue weighted by molar-refractivity contribution is 0.424. The number of hydrogen-bond donors (Lipinski definition) is 1. The Morgan fingerprint density at radius 2 is 2.00 bits per heavy atom. The van der Waals surface area contributed by atoms with Gasteiger partial charge in [0, 0.05) is 12.0 Å². The Morgan fingerprint density at radius 1 is 1.18 bits per heavy atom. The van der Waals surface area contributed by atoms with E-state index in [0.717, 1.165) is 6.54 Å². The maximum Gasteiger partial charge on any atom is 0.136 e. The highest BCUT2D eigenvalue weighted by Crippen LogP contribution is 2.40. The molecule has 0 saturated heterocycles. The zero-order valence-electron chi connectivity index (χ0n) is 10.4. The van der Waals surface area contributed by atoms with Gasteiger partial charge in [-0.25, -0.2) is 0 Å². The first-order valence-electron chi connectivity index (χ1n) is 6.99. The standard InChI is InChI=1S/C13H22N4/c14-8-10-4-3-7-12(10)13-16-15-9-17(13)11-5-1-2-6-11/h9-12H,1-8,14H2. The Bertz CT molecular complexity index is 367. The highest BCUT2D eigenvalue weighted by atomic mass is 15.3. The Labute approximate surface area is 103 Å². The Kier molecular flexibility index (Phi) is 3.14. The molecular formula is C13H22N4. The summed E-state index contributed by atoms with van der Waals surface area (Å²) in [5, 5.41) is 8.55. The molecule has 94 valence electrons. The molecule has 2 aliphatic carbocycles. The zero-order chi connectivity index (χ0) is 11.7. The summed E-state index contributed by atoms with van der Waals surface area (Å²) >= 11 is 0. The van der Waals surface area contributed by atoms with Crippen molar-refractivity contribution in [3.05, 3.63) is 12.2 Å². The van der Waals surface area contributed by atoms with Crippen molar-refractivity contribution in [3.8, 4) is 0 Å². The van der Waals surface area contributed by atoms with Gasteiger partial charge in [0.1, 0.15) is 12.2 Å². The molecule has 1 aromatic heterocycles. The van der Waals surface area contributed by atoms with Gasteiger partial charge in [0.25, 0.3) is 0 Å². The predicted octanol–water partition coefficient (Wildman–Crippen LogP) is 2.24. The van der Waals surface area contributed by atoms with Crippen molar-refractivity contribution in [3.63, 3.8) is 0 Å². The van der Waals surface area contributed by atoms with Crippen molar-refractivity contribution in [2.75, 3.05) is 6.54 Å². The summed E-state index contributed by atoms with van der Waals surface area (Å²) < 4.78 is 2.35. The molecule has 1 heterocycles. The normalized spacial score (nSPS) is 30.2. The highest BCUT2D eigenvalue weighted by molar-refractivity contribution is 5.04. The summed E-state index contributed by atoms with van der Waals surface area (Å²) in [6, 6.07) is 0.652. The lowest BCUT2D eigenvalue weighted by Gasteiger charge is -2.21. The molecule has 0 amide bonds. The molecule has 2 unspecified atom stereocenters. The molecule has 1 aromatic rings. The average molecular weight is 234 g/mol. The van der Waals surface area contributed by atoms with Crippen molar-refractivity contribution in [1.29, 1.82) is 0 Å². The molecule has 0 aliphatic heterocycles. The smallest absolute Gasteiger partial charge is 0.136 e. The lowest BCUT2D eigenvalue weighted by atomic mass is 9.95. The van der Waals surface area contributed by atoms with Crippen molar-refractivity contribution in [2.24, 2.45) is 11.7 Å². The van der Waals surface area contributed by atoms with E-state index in [0.29, 0.717) is 17.9 Å². The zero-order valence-corrected chi connectivity index (χ0v) is 10.4. The third-order valence-corrected chi connectivity index (χ3v) is 4.61. The molecule has 2 saturated carbocycles. The predicted molar refractivity (Wildman–Crippen MR) is 66.7 cm³/mol. The molecule has 3 rings (SSSR count). The molecule has 2 N–H and O–H groups in total. The van der Waals surface area contributed by atoms with Crippen LogP contribution in [0.5, 0.6) is 0 Å². The first-order valence-corrected chi connectivity index (χ1v) is 6.99. The van der Waals surface area contributed by atoms with E-state index < -0.39 is 0 Å². The van der Waals surface area contributed by atoms with Gasteiger partial charge in [0.05, 0.1) is 0 Å². The van der Waals surface area contributed by atoms with Crippen LogP contribution in [0.25, 0.3) is 0 Å². The van der Waals surface area contributed by atoms with Gasteiger partial charge < -0.3 is 10.3 Å². The first kappa shape index (κ1) is 11.2. The number of aromatic nitrogens is 3. The fourth-order valence-corrected chi connectivity index (χ4v) is 3.64. The Hall–Kier alpha value is -0.900. The fraction of sp³-hybridized carbons (Fsp3) is 0.846. The topological polar surface area (TPSA) is 56.7 Å². The molecule has 0 aromatic carbocycles. The molecule has 0 bridgehead atoms. The van der Waals surface area contributed by atoms with Gasteiger partial charge in [-0.15, -0.1) is 10.2 Å². The molecule has 0 spiro atoms. The minimum absolute atomic E-state index is 0.558. The third-order valence-electron chi connectivity index (χ3n) is 4.61. The fourth-order valence-electron chi connectivity index (χ4n) is 3.64. The van der Waals surface area contributed by atoms with E-state index >= 15 is 0 Å². The molecule has 4 heteroatoms. The quantitative estimate of drug-likeness (QED) is 0.872. The Balaban J connectivity index is 1.84. The van der Waals surface area contributed by atoms with Gasteiger partial charge in [-0.05, 0) is 38.1 Å². The van der Waals surface area contributed by atoms with Gasteiger partial charge in [0.15, 0.2) is 0 Å². The van der Waals surface area contributed by atoms with Crippen molar-refractivity contribution in [1.82, 2.24) is 14.8 Å². The van der Waals surface area contributed by atoms with E-state index in [2.05, 4.69) is 14.8 Å². The van der Waals surface area contributed by atoms with Gasteiger partial charge in [-0.1, -0.05) is 19.3 Å². The van der Waals surface area contributed by atoms with E-state index in [1.807, 2.05) is 6.33 Å². The second kappa shape index (κ2) is 4.77. The summed E-state index contributed by atoms with van der Waals surface area (Å²) in [6.07, 6.45) is 11.0. The summed E-state index contributed by atoms with van der Waals surface area (Å²) in [5.41, 5.74) is 5.88. The van der Waals surface area contributed by atoms with E-state index in [4.69, 9.17) is 5.73 Å². The molecule has 2 fully saturated rings. The van der Waals surface area contributed by atoms with Crippen LogP contribution in [0.15, 0.2) is 6.33 Å². The Morgan fingerprint density at radius 3 is 2.76 bits per heavy atom. The highest BCUT2D eigenvalue weighted by Gasteiger charge is 2.32. The summed E-state index contributed by atoms with van der Waals surface area (Å²) in [7, 11) is 0. The van der Waals surface area contributed by atoms with Crippen LogP contribution < -0.4 is 5.73 Å². The monoisotopic (exact) mass is 234 g/mol. The molecular weight excluding hydrogens is 212 g/mol. The van der Waals surface area contributed by atoms with E-state index in [-0.39, 0.29) is 0 Å². The van der Waals surface area contributed by atoms with E-state index in [1.165, 1.54) is 50.8 Å². The van der Waals surface area contributed by atoms with Crippen LogP contribution >= 0.6 is 0 Å². The minimum atomic E-state index is 0.558. The van der Waals surface area contributed by atoms with Gasteiger partial charge in [-0.2, -0.15) is 0 Å². The average Bonchev–Trinajstić information content (AvgIpc) is 3.09. The number of hydrogen-bond acceptors (Lipinski definition) is 3. The van der Waals surface area contributed by atoms with Crippen molar-refractivity contribution >= 4 is 0 Å². The largest absolute Gasteiger partial charge is 0.330 e. The molecule has 17 heavy (non-hydrogen) atoms. The number of nitrogens with zero attached hydrogens (tertiary/aromatic N) is 3. The second-order valence-electron chi connectivity index (χ2n) is 5.57. The van der Waals surface area contributed by atoms with Gasteiger partial charge >= 0.3 is 0 Å². The number of rotatable bonds is 3. The second-order valence-corrected chi connectivity index (χ2v) is 5.57. The van der Waals surface area contributed by atoms with Crippen LogP contribution in [0, 0.1) is 5.92 Å². The summed E-state index contributed by atoms with van der Waals surface area (Å²) in [6.45, 7) is 0.794. The summed E-state index contributed by atoms with van der Waals surface area (Å²) in [4.78, 5) is 0. The molecule has 4 nitrogen and oxygen atoms in total. The maximum absolute atomic E-state index is 5.88. The molecule has 2 aliphatic rings. The molecule has 0 radical (unpaired) electrons. The van der Waals surface area contributed by atoms with Gasteiger partial charge in [-0.3, -0.25) is 0 Å². The van der Waals surface area contributed by atoms with Crippen LogP contribution in [0.1, 0.15) is 62.7 Å². The van der Waals surface area contributed by atoms with Crippen LogP contribution in [-0.4, -0.2) is 21.3 Å². The number of nitrogens with two attached hydrogens (primary N) is 1. The van der Waals surface area contributed by atoms with Gasteiger partial charge in [0.2, 0.25) is 0 Å². The van der Waals surface area contributed by atoms with Crippen LogP contribution in [0.2, 0.25) is 0 Å². The van der Waals surface area contributed by atoms with Crippen LogP contribution in [-0.2, 0) is 0 Å². The maximum atomic E-state index is 5.88. The third kappa shape index (κ3) is 1.99. The first-order chi connectivity index (χ1) is 8.40.